The second-order valence-corrected chi connectivity index (χ2v) is 14.2. The van der Waals surface area contributed by atoms with Gasteiger partial charge in [0.05, 0.1) is 11.5 Å². The number of hydrogen-bond donors (Lipinski definition) is 0. The first-order chi connectivity index (χ1) is 21.2. The van der Waals surface area contributed by atoms with Gasteiger partial charge in [0, 0.05) is 18.3 Å². The van der Waals surface area contributed by atoms with Crippen LogP contribution in [-0.4, -0.2) is 66.5 Å². The second kappa shape index (κ2) is 16.2. The number of benzene rings is 1. The van der Waals surface area contributed by atoms with Crippen molar-refractivity contribution in [3.8, 4) is 0 Å². The molecule has 0 aliphatic heterocycles. The molecule has 2 aromatic rings. The normalized spacial score (nSPS) is 13.5. The number of aromatic nitrogens is 2. The van der Waals surface area contributed by atoms with Crippen LogP contribution in [0.2, 0.25) is 0 Å². The Morgan fingerprint density at radius 2 is 1.48 bits per heavy atom. The van der Waals surface area contributed by atoms with Crippen LogP contribution in [0.15, 0.2) is 44.9 Å². The molecule has 0 fully saturated rings. The maximum Gasteiger partial charge on any atom is 0.509 e. The lowest BCUT2D eigenvalue weighted by Crippen LogP contribution is -2.43. The largest absolute Gasteiger partial charge is 0.509 e. The lowest BCUT2D eigenvalue weighted by molar-refractivity contribution is -0.118. The van der Waals surface area contributed by atoms with Crippen molar-refractivity contribution < 1.29 is 45.9 Å². The van der Waals surface area contributed by atoms with Crippen LogP contribution in [-0.2, 0) is 51.3 Å². The fourth-order valence-corrected chi connectivity index (χ4v) is 4.88. The molecule has 14 nitrogen and oxygen atoms in total. The van der Waals surface area contributed by atoms with Gasteiger partial charge in [0.25, 0.3) is 15.7 Å². The molecule has 1 heterocycles. The van der Waals surface area contributed by atoms with Crippen molar-refractivity contribution in [3.05, 3.63) is 62.4 Å². The van der Waals surface area contributed by atoms with Crippen LogP contribution in [0.4, 0.5) is 9.59 Å². The molecule has 0 saturated heterocycles. The summed E-state index contributed by atoms with van der Waals surface area (Å²) in [5.41, 5.74) is -1.83. The van der Waals surface area contributed by atoms with Gasteiger partial charge in [0.2, 0.25) is 0 Å². The number of carbonyl (C=O) groups excluding carboxylic acids is 2. The van der Waals surface area contributed by atoms with Gasteiger partial charge in [-0.25, -0.2) is 14.4 Å². The first kappa shape index (κ1) is 38.5. The van der Waals surface area contributed by atoms with Crippen molar-refractivity contribution in [3.63, 3.8) is 0 Å². The highest BCUT2D eigenvalue weighted by atomic mass is 32.2. The third-order valence-electron chi connectivity index (χ3n) is 6.12. The van der Waals surface area contributed by atoms with Crippen LogP contribution in [0.3, 0.4) is 0 Å². The fraction of sp³-hybridized carbons (Fsp3) is 0.613. The monoisotopic (exact) mass is 670 g/mol. The molecule has 2 rings (SSSR count). The number of rotatable bonds is 14. The topological polar surface area (TPSA) is 168 Å². The summed E-state index contributed by atoms with van der Waals surface area (Å²) in [6.45, 7) is 13.9. The maximum atomic E-state index is 13.3. The summed E-state index contributed by atoms with van der Waals surface area (Å²) in [7, 11) is -4.02. The highest BCUT2D eigenvalue weighted by Gasteiger charge is 2.30. The molecule has 2 atom stereocenters. The molecule has 0 saturated carbocycles. The second-order valence-electron chi connectivity index (χ2n) is 12.6. The fourth-order valence-electron chi connectivity index (χ4n) is 3.94. The zero-order chi connectivity index (χ0) is 34.9. The van der Waals surface area contributed by atoms with Gasteiger partial charge < -0.3 is 23.7 Å². The average molecular weight is 671 g/mol. The van der Waals surface area contributed by atoms with E-state index in [-0.39, 0.29) is 36.5 Å². The number of nitrogens with zero attached hydrogens (tertiary/aromatic N) is 2. The van der Waals surface area contributed by atoms with Gasteiger partial charge in [-0.2, -0.15) is 8.42 Å². The van der Waals surface area contributed by atoms with Crippen LogP contribution in [0.1, 0.15) is 72.4 Å². The molecule has 0 spiro atoms. The van der Waals surface area contributed by atoms with Crippen molar-refractivity contribution >= 4 is 22.4 Å². The Morgan fingerprint density at radius 3 is 2.04 bits per heavy atom. The van der Waals surface area contributed by atoms with E-state index in [0.717, 1.165) is 14.7 Å². The molecule has 258 valence electrons. The molecule has 15 heteroatoms. The maximum absolute atomic E-state index is 13.3. The van der Waals surface area contributed by atoms with Crippen molar-refractivity contribution in [1.82, 2.24) is 9.13 Å². The van der Waals surface area contributed by atoms with Gasteiger partial charge in [-0.1, -0.05) is 24.6 Å². The summed E-state index contributed by atoms with van der Waals surface area (Å²) in [4.78, 5) is 50.7. The standard InChI is InChI=1S/C31H46N2O12S/c1-10-24(43-29(37)45-31(7,8)9)25(19-40-28(36)44-30(4,5)6)41-20-32-18-22(3)26(34)33(27(32)35)16-11-17-42-46(38,39)23-14-12-21(2)13-15-23/h12-15,18,24-25H,10-11,16-17,19-20H2,1-9H3/t24-,25?/m0/s1. The Kier molecular flexibility index (Phi) is 13.6. The molecule has 1 aromatic carbocycles. The van der Waals surface area contributed by atoms with E-state index in [9.17, 15) is 27.6 Å². The summed E-state index contributed by atoms with van der Waals surface area (Å²) in [5.74, 6) is 0. The predicted octanol–water partition coefficient (Wildman–Crippen LogP) is 4.45. The highest BCUT2D eigenvalue weighted by Crippen LogP contribution is 2.17. The van der Waals surface area contributed by atoms with Gasteiger partial charge >= 0.3 is 18.0 Å². The first-order valence-corrected chi connectivity index (χ1v) is 16.3. The van der Waals surface area contributed by atoms with Crippen LogP contribution >= 0.6 is 0 Å². The Hall–Kier alpha value is -3.69. The number of carbonyl (C=O) groups is 2. The van der Waals surface area contributed by atoms with Crippen molar-refractivity contribution in [2.75, 3.05) is 13.2 Å². The summed E-state index contributed by atoms with van der Waals surface area (Å²) < 4.78 is 59.2. The predicted molar refractivity (Wildman–Crippen MR) is 167 cm³/mol. The van der Waals surface area contributed by atoms with Gasteiger partial charge in [0.1, 0.15) is 36.7 Å². The van der Waals surface area contributed by atoms with Crippen LogP contribution < -0.4 is 11.2 Å². The Balaban J connectivity index is 2.20. The van der Waals surface area contributed by atoms with Crippen LogP contribution in [0, 0.1) is 13.8 Å². The minimum Gasteiger partial charge on any atom is -0.431 e. The van der Waals surface area contributed by atoms with E-state index in [0.29, 0.717) is 0 Å². The SMILES string of the molecule is CC[C@H](OC(=O)OC(C)(C)C)C(COC(=O)OC(C)(C)C)OCn1cc(C)c(=O)n(CCCOS(=O)(=O)c2ccc(C)cc2)c1=O. The number of ether oxygens (including phenoxy) is 5. The number of hydrogen-bond acceptors (Lipinski definition) is 12. The average Bonchev–Trinajstić information content (AvgIpc) is 2.92. The summed E-state index contributed by atoms with van der Waals surface area (Å²) in [5, 5.41) is 0. The van der Waals surface area contributed by atoms with E-state index in [4.69, 9.17) is 27.9 Å². The van der Waals surface area contributed by atoms with Gasteiger partial charge in [0.15, 0.2) is 0 Å². The van der Waals surface area contributed by atoms with Gasteiger partial charge in [-0.15, -0.1) is 0 Å². The minimum absolute atomic E-state index is 0.00318. The molecule has 0 aliphatic rings. The molecule has 46 heavy (non-hydrogen) atoms. The zero-order valence-electron chi connectivity index (χ0n) is 28.0. The van der Waals surface area contributed by atoms with Crippen LogP contribution in [0.5, 0.6) is 0 Å². The summed E-state index contributed by atoms with van der Waals surface area (Å²) in [6.07, 6.45) is -2.36. The van der Waals surface area contributed by atoms with E-state index in [2.05, 4.69) is 0 Å². The molecular weight excluding hydrogens is 624 g/mol. The third-order valence-corrected chi connectivity index (χ3v) is 7.45. The van der Waals surface area contributed by atoms with E-state index >= 15 is 0 Å². The molecule has 0 N–H and O–H groups in total. The zero-order valence-corrected chi connectivity index (χ0v) is 28.8. The van der Waals surface area contributed by atoms with Gasteiger partial charge in [-0.05, 0) is 80.4 Å². The van der Waals surface area contributed by atoms with Crippen molar-refractivity contribution in [2.45, 2.75) is 117 Å². The molecule has 0 radical (unpaired) electrons. The lowest BCUT2D eigenvalue weighted by atomic mass is 10.1. The van der Waals surface area contributed by atoms with Crippen LogP contribution in [0.25, 0.3) is 0 Å². The van der Waals surface area contributed by atoms with Crippen molar-refractivity contribution in [2.24, 2.45) is 0 Å². The number of aryl methyl sites for hydroxylation is 2. The first-order valence-electron chi connectivity index (χ1n) is 14.9. The quantitative estimate of drug-likeness (QED) is 0.158. The Bertz CT molecular complexity index is 1550. The van der Waals surface area contributed by atoms with E-state index in [1.807, 2.05) is 6.92 Å². The summed E-state index contributed by atoms with van der Waals surface area (Å²) >= 11 is 0. The van der Waals surface area contributed by atoms with E-state index in [1.165, 1.54) is 25.3 Å². The molecule has 1 unspecified atom stereocenters. The lowest BCUT2D eigenvalue weighted by Gasteiger charge is -2.28. The van der Waals surface area contributed by atoms with E-state index in [1.54, 1.807) is 60.6 Å². The molecule has 0 bridgehead atoms. The third kappa shape index (κ3) is 12.6. The van der Waals surface area contributed by atoms with Crippen molar-refractivity contribution in [1.29, 1.82) is 0 Å². The Labute approximate surface area is 269 Å². The van der Waals surface area contributed by atoms with Gasteiger partial charge in [-0.3, -0.25) is 18.1 Å². The molecule has 1 aromatic heterocycles. The Morgan fingerprint density at radius 1 is 0.891 bits per heavy atom. The smallest absolute Gasteiger partial charge is 0.431 e. The molecular formula is C31H46N2O12S. The molecule has 0 amide bonds. The van der Waals surface area contributed by atoms with E-state index < -0.39 is 70.4 Å². The highest BCUT2D eigenvalue weighted by molar-refractivity contribution is 7.86. The minimum atomic E-state index is -4.02. The summed E-state index contributed by atoms with van der Waals surface area (Å²) in [6, 6.07) is 6.16. The molecule has 0 aliphatic carbocycles.